The number of hydrazone groups is 1. The van der Waals surface area contributed by atoms with Crippen LogP contribution in [0.4, 0.5) is 0 Å². The molecule has 0 atom stereocenters. The van der Waals surface area contributed by atoms with Crippen LogP contribution in [0.2, 0.25) is 5.02 Å². The van der Waals surface area contributed by atoms with Crippen molar-refractivity contribution in [3.05, 3.63) is 76.8 Å². The molecule has 5 nitrogen and oxygen atoms in total. The molecule has 9 heteroatoms. The molecule has 0 saturated carbocycles. The first-order valence-electron chi connectivity index (χ1n) is 8.57. The summed E-state index contributed by atoms with van der Waals surface area (Å²) in [5, 5.41) is 12.9. The Morgan fingerprint density at radius 3 is 2.59 bits per heavy atom. The maximum Gasteiger partial charge on any atom is 0.250 e. The second kappa shape index (κ2) is 11.8. The van der Waals surface area contributed by atoms with Gasteiger partial charge in [-0.25, -0.2) is 5.43 Å². The molecule has 0 saturated heterocycles. The van der Waals surface area contributed by atoms with Crippen molar-refractivity contribution in [2.75, 3.05) is 5.75 Å². The standard InChI is InChI=1S/C20H17ClN4OS3/c21-17-11-5-4-10-16(17)13-27-19-24-25-20(29-19)28-14-18(26)23-22-12-6-9-15-7-2-1-3-8-15/h1-12H,13-14H2,(H,23,26)/b9-6+,22-12+. The number of hydrogen-bond donors (Lipinski definition) is 1. The molecule has 0 unspecified atom stereocenters. The molecule has 0 bridgehead atoms. The highest BCUT2D eigenvalue weighted by Gasteiger charge is 2.09. The van der Waals surface area contributed by atoms with E-state index in [2.05, 4.69) is 20.7 Å². The van der Waals surface area contributed by atoms with Gasteiger partial charge < -0.3 is 0 Å². The van der Waals surface area contributed by atoms with E-state index in [0.29, 0.717) is 0 Å². The number of nitrogens with one attached hydrogen (secondary N) is 1. The predicted molar refractivity (Wildman–Crippen MR) is 124 cm³/mol. The highest BCUT2D eigenvalue weighted by molar-refractivity contribution is 8.03. The summed E-state index contributed by atoms with van der Waals surface area (Å²) in [6.07, 6.45) is 5.23. The van der Waals surface area contributed by atoms with Gasteiger partial charge in [-0.05, 0) is 23.3 Å². The molecule has 3 rings (SSSR count). The monoisotopic (exact) mass is 460 g/mol. The van der Waals surface area contributed by atoms with Crippen LogP contribution in [0, 0.1) is 0 Å². The van der Waals surface area contributed by atoms with Crippen molar-refractivity contribution >= 4 is 64.7 Å². The Balaban J connectivity index is 1.37. The summed E-state index contributed by atoms with van der Waals surface area (Å²) >= 11 is 10.5. The molecule has 0 aliphatic rings. The van der Waals surface area contributed by atoms with E-state index < -0.39 is 0 Å². The molecule has 1 N–H and O–H groups in total. The van der Waals surface area contributed by atoms with Gasteiger partial charge in [-0.3, -0.25) is 4.79 Å². The first-order chi connectivity index (χ1) is 14.2. The van der Waals surface area contributed by atoms with Crippen LogP contribution in [0.25, 0.3) is 6.08 Å². The van der Waals surface area contributed by atoms with E-state index in [9.17, 15) is 4.79 Å². The van der Waals surface area contributed by atoms with E-state index in [4.69, 9.17) is 11.6 Å². The number of hydrogen-bond acceptors (Lipinski definition) is 7. The highest BCUT2D eigenvalue weighted by Crippen LogP contribution is 2.32. The van der Waals surface area contributed by atoms with Gasteiger partial charge in [-0.15, -0.1) is 10.2 Å². The minimum Gasteiger partial charge on any atom is -0.272 e. The number of carbonyl (C=O) groups is 1. The molecule has 0 spiro atoms. The lowest BCUT2D eigenvalue weighted by atomic mass is 10.2. The minimum absolute atomic E-state index is 0.195. The summed E-state index contributed by atoms with van der Waals surface area (Å²) in [4.78, 5) is 11.9. The third-order valence-electron chi connectivity index (χ3n) is 3.46. The van der Waals surface area contributed by atoms with Crippen molar-refractivity contribution < 1.29 is 4.79 Å². The maximum absolute atomic E-state index is 11.9. The topological polar surface area (TPSA) is 67.2 Å². The number of amides is 1. The van der Waals surface area contributed by atoms with Crippen molar-refractivity contribution in [3.63, 3.8) is 0 Å². The number of aromatic nitrogens is 2. The second-order valence-electron chi connectivity index (χ2n) is 5.59. The van der Waals surface area contributed by atoms with Crippen LogP contribution in [0.1, 0.15) is 11.1 Å². The van der Waals surface area contributed by atoms with E-state index in [1.165, 1.54) is 23.1 Å². The summed E-state index contributed by atoms with van der Waals surface area (Å²) in [7, 11) is 0. The maximum atomic E-state index is 11.9. The number of allylic oxidation sites excluding steroid dienone is 1. The summed E-state index contributed by atoms with van der Waals surface area (Å²) in [5.41, 5.74) is 4.62. The molecule has 29 heavy (non-hydrogen) atoms. The first-order valence-corrected chi connectivity index (χ1v) is 11.7. The molecular weight excluding hydrogens is 444 g/mol. The minimum atomic E-state index is -0.195. The summed E-state index contributed by atoms with van der Waals surface area (Å²) in [6, 6.07) is 17.6. The number of benzene rings is 2. The van der Waals surface area contributed by atoms with Crippen molar-refractivity contribution in [1.82, 2.24) is 15.6 Å². The van der Waals surface area contributed by atoms with Gasteiger partial charge in [0.05, 0.1) is 5.75 Å². The quantitative estimate of drug-likeness (QED) is 0.263. The van der Waals surface area contributed by atoms with E-state index in [1.807, 2.05) is 60.7 Å². The third-order valence-corrected chi connectivity index (χ3v) is 7.07. The third kappa shape index (κ3) is 7.66. The molecular formula is C20H17ClN4OS3. The Labute approximate surface area is 186 Å². The van der Waals surface area contributed by atoms with Crippen LogP contribution in [0.15, 0.2) is 74.5 Å². The molecule has 1 heterocycles. The Kier molecular flexibility index (Phi) is 8.76. The molecule has 1 aromatic heterocycles. The smallest absolute Gasteiger partial charge is 0.250 e. The van der Waals surface area contributed by atoms with E-state index in [1.54, 1.807) is 24.1 Å². The van der Waals surface area contributed by atoms with Gasteiger partial charge in [0, 0.05) is 17.0 Å². The lowest BCUT2D eigenvalue weighted by Gasteiger charge is -2.00. The molecule has 3 aromatic rings. The molecule has 0 aliphatic heterocycles. The molecule has 148 valence electrons. The number of carbonyl (C=O) groups excluding carboxylic acids is 1. The fourth-order valence-electron chi connectivity index (χ4n) is 2.10. The summed E-state index contributed by atoms with van der Waals surface area (Å²) in [6.45, 7) is 0. The zero-order valence-electron chi connectivity index (χ0n) is 15.2. The molecule has 1 amide bonds. The Hall–Kier alpha value is -2.13. The van der Waals surface area contributed by atoms with E-state index in [0.717, 1.165) is 30.6 Å². The van der Waals surface area contributed by atoms with Gasteiger partial charge in [0.15, 0.2) is 8.68 Å². The predicted octanol–water partition coefficient (Wildman–Crippen LogP) is 5.39. The van der Waals surface area contributed by atoms with Gasteiger partial charge in [-0.1, -0.05) is 101 Å². The van der Waals surface area contributed by atoms with Crippen LogP contribution >= 0.6 is 46.5 Å². The van der Waals surface area contributed by atoms with Crippen LogP contribution in [-0.2, 0) is 10.5 Å². The zero-order valence-corrected chi connectivity index (χ0v) is 18.4. The molecule has 0 aliphatic carbocycles. The SMILES string of the molecule is O=C(CSc1nnc(SCc2ccccc2Cl)s1)N/N=C/C=C/c1ccccc1. The van der Waals surface area contributed by atoms with Crippen LogP contribution in [0.5, 0.6) is 0 Å². The number of rotatable bonds is 9. The van der Waals surface area contributed by atoms with E-state index in [-0.39, 0.29) is 11.7 Å². The Bertz CT molecular complexity index is 992. The van der Waals surface area contributed by atoms with Gasteiger partial charge in [0.2, 0.25) is 0 Å². The average Bonchev–Trinajstić information content (AvgIpc) is 3.20. The van der Waals surface area contributed by atoms with Crippen LogP contribution in [0.3, 0.4) is 0 Å². The average molecular weight is 461 g/mol. The first kappa shape index (κ1) is 21.6. The highest BCUT2D eigenvalue weighted by atomic mass is 35.5. The summed E-state index contributed by atoms with van der Waals surface area (Å²) < 4.78 is 1.59. The molecule has 0 fully saturated rings. The van der Waals surface area contributed by atoms with Crippen LogP contribution in [-0.4, -0.2) is 28.1 Å². The number of halogens is 1. The fraction of sp³-hybridized carbons (Fsp3) is 0.100. The molecule has 2 aromatic carbocycles. The van der Waals surface area contributed by atoms with Crippen molar-refractivity contribution in [3.8, 4) is 0 Å². The van der Waals surface area contributed by atoms with Gasteiger partial charge in [0.1, 0.15) is 0 Å². The van der Waals surface area contributed by atoms with E-state index >= 15 is 0 Å². The van der Waals surface area contributed by atoms with Gasteiger partial charge >= 0.3 is 0 Å². The fourth-order valence-corrected chi connectivity index (χ4v) is 5.20. The summed E-state index contributed by atoms with van der Waals surface area (Å²) in [5.74, 6) is 0.758. The lowest BCUT2D eigenvalue weighted by Crippen LogP contribution is -2.19. The van der Waals surface area contributed by atoms with Crippen molar-refractivity contribution in [2.24, 2.45) is 5.10 Å². The molecule has 0 radical (unpaired) electrons. The van der Waals surface area contributed by atoms with Crippen molar-refractivity contribution in [2.45, 2.75) is 14.4 Å². The van der Waals surface area contributed by atoms with Crippen molar-refractivity contribution in [1.29, 1.82) is 0 Å². The zero-order chi connectivity index (χ0) is 20.3. The van der Waals surface area contributed by atoms with Crippen LogP contribution < -0.4 is 5.43 Å². The number of nitrogens with zero attached hydrogens (tertiary/aromatic N) is 3. The number of thioether (sulfide) groups is 2. The largest absolute Gasteiger partial charge is 0.272 e. The normalized spacial score (nSPS) is 11.3. The Morgan fingerprint density at radius 2 is 1.79 bits per heavy atom. The Morgan fingerprint density at radius 1 is 1.07 bits per heavy atom. The second-order valence-corrected chi connectivity index (χ2v) is 9.42. The lowest BCUT2D eigenvalue weighted by molar-refractivity contribution is -0.118. The van der Waals surface area contributed by atoms with Gasteiger partial charge in [0.25, 0.3) is 5.91 Å². The van der Waals surface area contributed by atoms with Gasteiger partial charge in [-0.2, -0.15) is 5.10 Å².